The number of fused-ring (bicyclic) bond motifs is 1. The summed E-state index contributed by atoms with van der Waals surface area (Å²) >= 11 is 0. The van der Waals surface area contributed by atoms with Crippen LogP contribution in [0.5, 0.6) is 0 Å². The molecule has 0 spiro atoms. The summed E-state index contributed by atoms with van der Waals surface area (Å²) in [5.41, 5.74) is 6.77. The van der Waals surface area contributed by atoms with Gasteiger partial charge in [-0.25, -0.2) is 9.97 Å². The molecule has 1 aliphatic carbocycles. The molecule has 1 aromatic heterocycles. The molecule has 2 N–H and O–H groups in total. The van der Waals surface area contributed by atoms with Gasteiger partial charge in [0, 0.05) is 19.5 Å². The number of nitrogens with two attached hydrogens (primary N) is 1. The molecule has 1 heterocycles. The Balaban J connectivity index is 2.16. The van der Waals surface area contributed by atoms with Gasteiger partial charge in [0.15, 0.2) is 0 Å². The zero-order chi connectivity index (χ0) is 18.2. The van der Waals surface area contributed by atoms with Crippen molar-refractivity contribution < 1.29 is 14.3 Å². The van der Waals surface area contributed by atoms with Crippen molar-refractivity contribution in [1.82, 2.24) is 14.9 Å². The minimum absolute atomic E-state index is 0.0502. The summed E-state index contributed by atoms with van der Waals surface area (Å²) in [6, 6.07) is 5.49. The van der Waals surface area contributed by atoms with E-state index in [1.165, 1.54) is 4.90 Å². The van der Waals surface area contributed by atoms with Crippen LogP contribution in [-0.4, -0.2) is 47.4 Å². The topological polar surface area (TPSA) is 98.4 Å². The van der Waals surface area contributed by atoms with Crippen molar-refractivity contribution in [2.45, 2.75) is 31.6 Å². The van der Waals surface area contributed by atoms with E-state index in [2.05, 4.69) is 9.97 Å². The van der Waals surface area contributed by atoms with Gasteiger partial charge in [0.2, 0.25) is 5.95 Å². The molecule has 132 valence electrons. The van der Waals surface area contributed by atoms with Gasteiger partial charge in [-0.2, -0.15) is 0 Å². The molecule has 0 bridgehead atoms. The van der Waals surface area contributed by atoms with Crippen LogP contribution in [0.3, 0.4) is 0 Å². The second-order valence-corrected chi connectivity index (χ2v) is 6.52. The van der Waals surface area contributed by atoms with E-state index in [-0.39, 0.29) is 23.5 Å². The normalized spacial score (nSPS) is 15.5. The van der Waals surface area contributed by atoms with Gasteiger partial charge >= 0.3 is 5.97 Å². The van der Waals surface area contributed by atoms with E-state index < -0.39 is 5.41 Å². The lowest BCUT2D eigenvalue weighted by Gasteiger charge is -2.39. The number of rotatable bonds is 4. The van der Waals surface area contributed by atoms with E-state index in [1.54, 1.807) is 27.1 Å². The van der Waals surface area contributed by atoms with E-state index in [0.29, 0.717) is 17.5 Å². The average Bonchev–Trinajstić information content (AvgIpc) is 2.52. The molecule has 0 aliphatic heterocycles. The van der Waals surface area contributed by atoms with Gasteiger partial charge in [0.05, 0.1) is 17.5 Å². The summed E-state index contributed by atoms with van der Waals surface area (Å²) in [5.74, 6) is -0.415. The molecule has 7 heteroatoms. The number of nitrogen functional groups attached to an aromatic ring is 1. The van der Waals surface area contributed by atoms with Crippen LogP contribution < -0.4 is 5.73 Å². The molecule has 1 amide bonds. The number of benzene rings is 1. The van der Waals surface area contributed by atoms with E-state index >= 15 is 0 Å². The smallest absolute Gasteiger partial charge is 0.316 e. The molecule has 0 atom stereocenters. The molecule has 0 unspecified atom stereocenters. The van der Waals surface area contributed by atoms with Crippen molar-refractivity contribution in [2.75, 3.05) is 26.4 Å². The van der Waals surface area contributed by atoms with Crippen molar-refractivity contribution in [3.8, 4) is 0 Å². The monoisotopic (exact) mass is 342 g/mol. The zero-order valence-corrected chi connectivity index (χ0v) is 14.7. The molecule has 3 rings (SSSR count). The first-order valence-corrected chi connectivity index (χ1v) is 8.35. The lowest BCUT2D eigenvalue weighted by Crippen LogP contribution is -2.43. The van der Waals surface area contributed by atoms with E-state index in [1.807, 2.05) is 12.1 Å². The number of nitrogens with zero attached hydrogens (tertiary/aromatic N) is 3. The number of ether oxygens (including phenoxy) is 1. The molecule has 0 radical (unpaired) electrons. The number of hydrogen-bond donors (Lipinski definition) is 1. The first kappa shape index (κ1) is 17.1. The largest absolute Gasteiger partial charge is 0.465 e. The maximum Gasteiger partial charge on any atom is 0.316 e. The summed E-state index contributed by atoms with van der Waals surface area (Å²) in [7, 11) is 3.31. The van der Waals surface area contributed by atoms with Crippen LogP contribution >= 0.6 is 0 Å². The Morgan fingerprint density at radius 1 is 1.28 bits per heavy atom. The quantitative estimate of drug-likeness (QED) is 0.852. The second kappa shape index (κ2) is 6.31. The maximum atomic E-state index is 12.5. The fraction of sp³-hybridized carbons (Fsp3) is 0.444. The highest BCUT2D eigenvalue weighted by Crippen LogP contribution is 2.45. The first-order valence-electron chi connectivity index (χ1n) is 8.35. The van der Waals surface area contributed by atoms with Gasteiger partial charge in [-0.15, -0.1) is 0 Å². The van der Waals surface area contributed by atoms with Crippen LogP contribution in [0.1, 0.15) is 42.2 Å². The molecule has 1 aliphatic rings. The SMILES string of the molecule is CCOC(=O)C1(c2ccc3nc(N)nc(C(=O)N(C)C)c3c2)CCC1. The van der Waals surface area contributed by atoms with Crippen LogP contribution in [0, 0.1) is 0 Å². The highest BCUT2D eigenvalue weighted by atomic mass is 16.5. The maximum absolute atomic E-state index is 12.5. The second-order valence-electron chi connectivity index (χ2n) is 6.52. The van der Waals surface area contributed by atoms with Gasteiger partial charge in [0.25, 0.3) is 5.91 Å². The molecule has 1 aromatic carbocycles. The summed E-state index contributed by atoms with van der Waals surface area (Å²) in [5, 5.41) is 0.598. The Labute approximate surface area is 146 Å². The van der Waals surface area contributed by atoms with Gasteiger partial charge < -0.3 is 15.4 Å². The average molecular weight is 342 g/mol. The molecular weight excluding hydrogens is 320 g/mol. The Kier molecular flexibility index (Phi) is 4.32. The molecule has 0 saturated heterocycles. The number of esters is 1. The standard InChI is InChI=1S/C18H22N4O3/c1-4-25-16(24)18(8-5-9-18)11-6-7-13-12(10-11)14(15(23)22(2)3)21-17(19)20-13/h6-7,10H,4-5,8-9H2,1-3H3,(H2,19,20,21). The van der Waals surface area contributed by atoms with Crippen LogP contribution in [0.15, 0.2) is 18.2 Å². The first-order chi connectivity index (χ1) is 11.9. The fourth-order valence-electron chi connectivity index (χ4n) is 3.23. The van der Waals surface area contributed by atoms with Crippen LogP contribution in [0.25, 0.3) is 10.9 Å². The van der Waals surface area contributed by atoms with Crippen molar-refractivity contribution in [1.29, 1.82) is 0 Å². The summed E-state index contributed by atoms with van der Waals surface area (Å²) in [4.78, 5) is 34.8. The van der Waals surface area contributed by atoms with Crippen molar-refractivity contribution in [3.05, 3.63) is 29.5 Å². The van der Waals surface area contributed by atoms with Gasteiger partial charge in [-0.3, -0.25) is 9.59 Å². The number of amides is 1. The van der Waals surface area contributed by atoms with E-state index in [4.69, 9.17) is 10.5 Å². The lowest BCUT2D eigenvalue weighted by atomic mass is 9.64. The van der Waals surface area contributed by atoms with Crippen LogP contribution in [0.2, 0.25) is 0 Å². The van der Waals surface area contributed by atoms with Crippen LogP contribution in [-0.2, 0) is 14.9 Å². The van der Waals surface area contributed by atoms with Gasteiger partial charge in [-0.05, 0) is 37.5 Å². The third-order valence-corrected chi connectivity index (χ3v) is 4.75. The Morgan fingerprint density at radius 3 is 2.56 bits per heavy atom. The molecule has 7 nitrogen and oxygen atoms in total. The fourth-order valence-corrected chi connectivity index (χ4v) is 3.23. The molecule has 25 heavy (non-hydrogen) atoms. The van der Waals surface area contributed by atoms with Gasteiger partial charge in [-0.1, -0.05) is 12.5 Å². The third kappa shape index (κ3) is 2.79. The number of carbonyl (C=O) groups is 2. The predicted molar refractivity (Wildman–Crippen MR) is 94.1 cm³/mol. The lowest BCUT2D eigenvalue weighted by molar-refractivity contribution is -0.153. The van der Waals surface area contributed by atoms with Crippen LogP contribution in [0.4, 0.5) is 5.95 Å². The molecule has 1 fully saturated rings. The molecule has 1 saturated carbocycles. The number of anilines is 1. The minimum atomic E-state index is -0.635. The summed E-state index contributed by atoms with van der Waals surface area (Å²) < 4.78 is 5.29. The molecular formula is C18H22N4O3. The predicted octanol–water partition coefficient (Wildman–Crippen LogP) is 1.90. The van der Waals surface area contributed by atoms with Crippen molar-refractivity contribution in [3.63, 3.8) is 0 Å². The Bertz CT molecular complexity index is 844. The zero-order valence-electron chi connectivity index (χ0n) is 14.7. The molecule has 2 aromatic rings. The Hall–Kier alpha value is -2.70. The minimum Gasteiger partial charge on any atom is -0.465 e. The Morgan fingerprint density at radius 2 is 2.00 bits per heavy atom. The highest BCUT2D eigenvalue weighted by Gasteiger charge is 2.47. The van der Waals surface area contributed by atoms with E-state index in [9.17, 15) is 9.59 Å². The van der Waals surface area contributed by atoms with E-state index in [0.717, 1.165) is 24.8 Å². The third-order valence-electron chi connectivity index (χ3n) is 4.75. The number of carbonyl (C=O) groups excluding carboxylic acids is 2. The van der Waals surface area contributed by atoms with Gasteiger partial charge in [0.1, 0.15) is 5.69 Å². The summed E-state index contributed by atoms with van der Waals surface area (Å²) in [6.45, 7) is 2.15. The van der Waals surface area contributed by atoms with Crippen molar-refractivity contribution >= 4 is 28.7 Å². The number of hydrogen-bond acceptors (Lipinski definition) is 6. The number of aromatic nitrogens is 2. The van der Waals surface area contributed by atoms with Crippen molar-refractivity contribution in [2.24, 2.45) is 0 Å². The highest BCUT2D eigenvalue weighted by molar-refractivity contribution is 6.05. The summed E-state index contributed by atoms with van der Waals surface area (Å²) in [6.07, 6.45) is 2.45.